The van der Waals surface area contributed by atoms with Crippen molar-refractivity contribution in [3.8, 4) is 0 Å². The Bertz CT molecular complexity index is 451. The van der Waals surface area contributed by atoms with Crippen LogP contribution in [-0.2, 0) is 21.4 Å². The van der Waals surface area contributed by atoms with Crippen molar-refractivity contribution in [1.82, 2.24) is 15.1 Å². The van der Waals surface area contributed by atoms with Crippen LogP contribution in [-0.4, -0.2) is 39.5 Å². The van der Waals surface area contributed by atoms with Crippen LogP contribution in [0.3, 0.4) is 0 Å². The highest BCUT2D eigenvalue weighted by Crippen LogP contribution is 2.16. The third kappa shape index (κ3) is 2.67. The fraction of sp³-hybridized carbons (Fsp3) is 0.545. The van der Waals surface area contributed by atoms with Crippen LogP contribution in [0.1, 0.15) is 24.4 Å². The van der Waals surface area contributed by atoms with Gasteiger partial charge in [-0.3, -0.25) is 9.48 Å². The summed E-state index contributed by atoms with van der Waals surface area (Å²) in [5.41, 5.74) is 0.441. The minimum absolute atomic E-state index is 0.385. The monoisotopic (exact) mass is 253 g/mol. The van der Waals surface area contributed by atoms with Gasteiger partial charge in [0.1, 0.15) is 6.10 Å². The van der Waals surface area contributed by atoms with Crippen molar-refractivity contribution < 1.29 is 19.4 Å². The molecule has 1 saturated heterocycles. The molecule has 0 radical (unpaired) electrons. The zero-order valence-corrected chi connectivity index (χ0v) is 10.00. The Labute approximate surface area is 104 Å². The van der Waals surface area contributed by atoms with E-state index in [9.17, 15) is 9.59 Å². The molecule has 0 aliphatic carbocycles. The molecule has 7 heteroatoms. The number of carboxylic acid groups (broad SMARTS) is 1. The van der Waals surface area contributed by atoms with E-state index in [-0.39, 0.29) is 5.91 Å². The Balaban J connectivity index is 2.07. The molecule has 98 valence electrons. The predicted molar refractivity (Wildman–Crippen MR) is 60.7 cm³/mol. The van der Waals surface area contributed by atoms with Crippen molar-refractivity contribution in [3.63, 3.8) is 0 Å². The topological polar surface area (TPSA) is 93.5 Å². The molecule has 2 N–H and O–H groups in total. The summed E-state index contributed by atoms with van der Waals surface area (Å²) in [4.78, 5) is 23.0. The number of hydrogen-bond acceptors (Lipinski definition) is 4. The fourth-order valence-corrected chi connectivity index (χ4v) is 1.90. The summed E-state index contributed by atoms with van der Waals surface area (Å²) >= 11 is 0. The second kappa shape index (κ2) is 5.18. The molecule has 1 aliphatic rings. The quantitative estimate of drug-likeness (QED) is 0.777. The van der Waals surface area contributed by atoms with Gasteiger partial charge in [-0.25, -0.2) is 4.79 Å². The van der Waals surface area contributed by atoms with E-state index >= 15 is 0 Å². The summed E-state index contributed by atoms with van der Waals surface area (Å²) in [5, 5.41) is 15.5. The van der Waals surface area contributed by atoms with E-state index in [1.165, 1.54) is 10.9 Å². The van der Waals surface area contributed by atoms with Gasteiger partial charge in [0.15, 0.2) is 6.04 Å². The molecule has 0 aromatic carbocycles. The van der Waals surface area contributed by atoms with Gasteiger partial charge in [-0.15, -0.1) is 0 Å². The van der Waals surface area contributed by atoms with Crippen molar-refractivity contribution in [2.24, 2.45) is 7.05 Å². The molecule has 2 rings (SSSR count). The van der Waals surface area contributed by atoms with E-state index in [0.717, 1.165) is 6.42 Å². The van der Waals surface area contributed by atoms with Crippen molar-refractivity contribution in [2.75, 3.05) is 6.61 Å². The summed E-state index contributed by atoms with van der Waals surface area (Å²) < 4.78 is 6.70. The number of ether oxygens (including phenoxy) is 1. The molecule has 1 amide bonds. The van der Waals surface area contributed by atoms with Gasteiger partial charge in [0, 0.05) is 25.4 Å². The molecule has 1 unspecified atom stereocenters. The molecule has 1 aliphatic heterocycles. The minimum Gasteiger partial charge on any atom is -0.479 e. The summed E-state index contributed by atoms with van der Waals surface area (Å²) in [6.07, 6.45) is 3.90. The second-order valence-corrected chi connectivity index (χ2v) is 4.23. The Kier molecular flexibility index (Phi) is 3.61. The number of carboxylic acids is 1. The van der Waals surface area contributed by atoms with Gasteiger partial charge in [0.25, 0.3) is 0 Å². The smallest absolute Gasteiger partial charge is 0.331 e. The van der Waals surface area contributed by atoms with E-state index in [4.69, 9.17) is 9.84 Å². The highest BCUT2D eigenvalue weighted by atomic mass is 16.5. The zero-order chi connectivity index (χ0) is 13.1. The van der Waals surface area contributed by atoms with Gasteiger partial charge in [-0.2, -0.15) is 5.10 Å². The third-order valence-electron chi connectivity index (χ3n) is 2.81. The van der Waals surface area contributed by atoms with Gasteiger partial charge in [-0.05, 0) is 12.8 Å². The molecule has 18 heavy (non-hydrogen) atoms. The van der Waals surface area contributed by atoms with E-state index in [1.807, 2.05) is 0 Å². The number of aryl methyl sites for hydroxylation is 1. The van der Waals surface area contributed by atoms with Crippen molar-refractivity contribution in [3.05, 3.63) is 18.0 Å². The van der Waals surface area contributed by atoms with Crippen LogP contribution in [0.5, 0.6) is 0 Å². The summed E-state index contributed by atoms with van der Waals surface area (Å²) in [5.74, 6) is -1.50. The maximum atomic E-state index is 11.8. The number of nitrogens with one attached hydrogen (secondary N) is 1. The van der Waals surface area contributed by atoms with Crippen LogP contribution in [0.2, 0.25) is 0 Å². The Morgan fingerprint density at radius 2 is 2.44 bits per heavy atom. The van der Waals surface area contributed by atoms with Crippen LogP contribution >= 0.6 is 0 Å². The number of carbonyl (C=O) groups excluding carboxylic acids is 1. The highest BCUT2D eigenvalue weighted by Gasteiger charge is 2.29. The fourth-order valence-electron chi connectivity index (χ4n) is 1.90. The number of carbonyl (C=O) groups is 2. The average Bonchev–Trinajstić information content (AvgIpc) is 2.95. The van der Waals surface area contributed by atoms with E-state index in [2.05, 4.69) is 10.4 Å². The Morgan fingerprint density at radius 1 is 1.67 bits per heavy atom. The first-order valence-corrected chi connectivity index (χ1v) is 5.71. The molecule has 2 heterocycles. The molecule has 0 saturated carbocycles. The number of aliphatic carboxylic acids is 1. The lowest BCUT2D eigenvalue weighted by Gasteiger charge is -2.15. The lowest BCUT2D eigenvalue weighted by molar-refractivity contribution is -0.143. The summed E-state index contributed by atoms with van der Waals surface area (Å²) in [6.45, 7) is 0.544. The number of nitrogens with zero attached hydrogens (tertiary/aromatic N) is 2. The Morgan fingerprint density at radius 3 is 2.94 bits per heavy atom. The van der Waals surface area contributed by atoms with Gasteiger partial charge in [0.05, 0.1) is 6.20 Å². The lowest BCUT2D eigenvalue weighted by Crippen LogP contribution is -2.39. The van der Waals surface area contributed by atoms with Crippen LogP contribution in [0.4, 0.5) is 0 Å². The maximum absolute atomic E-state index is 11.8. The van der Waals surface area contributed by atoms with Crippen LogP contribution in [0.15, 0.2) is 12.4 Å². The Hall–Kier alpha value is -1.89. The van der Waals surface area contributed by atoms with Crippen molar-refractivity contribution in [2.45, 2.75) is 25.0 Å². The standard InChI is InChI=1S/C11H15N3O4/c1-14-6-7(5-12-14)9(11(16)17)13-10(15)8-3-2-4-18-8/h5-6,8-9H,2-4H2,1H3,(H,13,15)(H,16,17)/t8-,9?/m1/s1. The van der Waals surface area contributed by atoms with Gasteiger partial charge in [-0.1, -0.05) is 0 Å². The van der Waals surface area contributed by atoms with Crippen LogP contribution < -0.4 is 5.32 Å². The van der Waals surface area contributed by atoms with Crippen LogP contribution in [0.25, 0.3) is 0 Å². The van der Waals surface area contributed by atoms with Gasteiger partial charge >= 0.3 is 5.97 Å². The molecule has 0 bridgehead atoms. The summed E-state index contributed by atoms with van der Waals surface area (Å²) in [7, 11) is 1.68. The first kappa shape index (κ1) is 12.6. The number of hydrogen-bond donors (Lipinski definition) is 2. The molecular formula is C11H15N3O4. The molecule has 1 fully saturated rings. The maximum Gasteiger partial charge on any atom is 0.331 e. The van der Waals surface area contributed by atoms with Gasteiger partial charge < -0.3 is 15.2 Å². The summed E-state index contributed by atoms with van der Waals surface area (Å²) in [6, 6.07) is -1.09. The van der Waals surface area contributed by atoms with E-state index < -0.39 is 18.1 Å². The highest BCUT2D eigenvalue weighted by molar-refractivity contribution is 5.87. The number of aromatic nitrogens is 2. The third-order valence-corrected chi connectivity index (χ3v) is 2.81. The first-order chi connectivity index (χ1) is 8.58. The average molecular weight is 253 g/mol. The minimum atomic E-state index is -1.12. The first-order valence-electron chi connectivity index (χ1n) is 5.71. The van der Waals surface area contributed by atoms with Crippen LogP contribution in [0, 0.1) is 0 Å². The molecule has 1 aromatic heterocycles. The largest absolute Gasteiger partial charge is 0.479 e. The zero-order valence-electron chi connectivity index (χ0n) is 10.00. The number of amides is 1. The SMILES string of the molecule is Cn1cc(C(NC(=O)[C@H]2CCCO2)C(=O)O)cn1. The van der Waals surface area contributed by atoms with Crippen molar-refractivity contribution in [1.29, 1.82) is 0 Å². The molecule has 7 nitrogen and oxygen atoms in total. The lowest BCUT2D eigenvalue weighted by atomic mass is 10.1. The second-order valence-electron chi connectivity index (χ2n) is 4.23. The molecular weight excluding hydrogens is 238 g/mol. The molecule has 1 aromatic rings. The molecule has 0 spiro atoms. The van der Waals surface area contributed by atoms with E-state index in [1.54, 1.807) is 13.2 Å². The molecule has 2 atom stereocenters. The van der Waals surface area contributed by atoms with Gasteiger partial charge in [0.2, 0.25) is 5.91 Å². The van der Waals surface area contributed by atoms with Crippen molar-refractivity contribution >= 4 is 11.9 Å². The van der Waals surface area contributed by atoms with E-state index in [0.29, 0.717) is 18.6 Å². The predicted octanol–water partition coefficient (Wildman–Crippen LogP) is -0.159. The normalized spacial score (nSPS) is 20.6. The number of rotatable bonds is 4.